The van der Waals surface area contributed by atoms with E-state index in [9.17, 15) is 0 Å². The summed E-state index contributed by atoms with van der Waals surface area (Å²) in [4.78, 5) is 13.9. The summed E-state index contributed by atoms with van der Waals surface area (Å²) < 4.78 is 0. The molecule has 3 radical (unpaired) electrons. The van der Waals surface area contributed by atoms with Crippen molar-refractivity contribution < 1.29 is 0 Å². The van der Waals surface area contributed by atoms with Crippen molar-refractivity contribution in [3.05, 3.63) is 36.4 Å². The van der Waals surface area contributed by atoms with E-state index in [1.54, 1.807) is 17.7 Å². The number of aromatic nitrogens is 4. The lowest BCUT2D eigenvalue weighted by Crippen LogP contribution is -1.88. The van der Waals surface area contributed by atoms with Crippen LogP contribution in [-0.4, -0.2) is 28.3 Å². The third-order valence-electron chi connectivity index (χ3n) is 1.89. The minimum absolute atomic E-state index is 0. The van der Waals surface area contributed by atoms with E-state index >= 15 is 0 Å². The van der Waals surface area contributed by atoms with Crippen molar-refractivity contribution in [3.8, 4) is 12.4 Å². The summed E-state index contributed by atoms with van der Waals surface area (Å²) in [6.07, 6.45) is 12.0. The molecule has 2 rings (SSSR count). The molecule has 0 unspecified atom stereocenters. The minimum Gasteiger partial charge on any atom is -0.349 e. The number of nitrogens with one attached hydrogen (secondary N) is 3. The smallest absolute Gasteiger partial charge is 0.190 e. The summed E-state index contributed by atoms with van der Waals surface area (Å²) in [6, 6.07) is 0. The fourth-order valence-corrected chi connectivity index (χ4v) is 1.01. The van der Waals surface area contributed by atoms with Crippen LogP contribution < -0.4 is 5.32 Å². The first kappa shape index (κ1) is 19.6. The largest absolute Gasteiger partial charge is 0.349 e. The highest BCUT2D eigenvalue weighted by Gasteiger charge is 1.83. The van der Waals surface area contributed by atoms with E-state index < -0.39 is 0 Å². The highest BCUT2D eigenvalue weighted by atomic mass is 14.9. The van der Waals surface area contributed by atoms with Gasteiger partial charge in [0.2, 0.25) is 0 Å². The zero-order valence-corrected chi connectivity index (χ0v) is 11.6. The summed E-state index contributed by atoms with van der Waals surface area (Å²) in [5.74, 6) is 2.11. The Hall–Kier alpha value is -2.74. The predicted molar refractivity (Wildman–Crippen MR) is 76.0 cm³/mol. The number of aromatic amines is 2. The van der Waals surface area contributed by atoms with Gasteiger partial charge in [0.05, 0.1) is 0 Å². The van der Waals surface area contributed by atoms with Crippen LogP contribution in [-0.2, 0) is 12.8 Å². The average molecular weight is 270 g/mol. The Kier molecular flexibility index (Phi) is 14.0. The maximum atomic E-state index is 7.48. The van der Waals surface area contributed by atoms with Gasteiger partial charge in [-0.2, -0.15) is 10.5 Å². The lowest BCUT2D eigenvalue weighted by atomic mass is 10.5. The van der Waals surface area contributed by atoms with Crippen LogP contribution in [0.4, 0.5) is 0 Å². The Morgan fingerprint density at radius 3 is 1.50 bits per heavy atom. The SMILES string of the molecule is CCc1ncc[nH]1.CCc1ncc[nH]1.N#CNC#N.[B]. The molecule has 2 heterocycles. The highest BCUT2D eigenvalue weighted by molar-refractivity contribution is 5.75. The molecule has 0 fully saturated rings. The van der Waals surface area contributed by atoms with Gasteiger partial charge in [-0.3, -0.25) is 0 Å². The second-order valence-electron chi connectivity index (χ2n) is 3.13. The first-order valence-corrected chi connectivity index (χ1v) is 5.78. The van der Waals surface area contributed by atoms with E-state index in [0.717, 1.165) is 24.5 Å². The fourth-order valence-electron chi connectivity index (χ4n) is 1.01. The number of nitriles is 2. The number of imidazole rings is 2. The third kappa shape index (κ3) is 10.4. The molecule has 7 nitrogen and oxygen atoms in total. The van der Waals surface area contributed by atoms with Gasteiger partial charge < -0.3 is 9.97 Å². The van der Waals surface area contributed by atoms with Crippen LogP contribution in [0.2, 0.25) is 0 Å². The molecule has 0 aromatic carbocycles. The maximum absolute atomic E-state index is 7.48. The molecule has 103 valence electrons. The fraction of sp³-hybridized carbons (Fsp3) is 0.333. The summed E-state index contributed by atoms with van der Waals surface area (Å²) >= 11 is 0. The Balaban J connectivity index is 0. The third-order valence-corrected chi connectivity index (χ3v) is 1.89. The Morgan fingerprint density at radius 1 is 1.00 bits per heavy atom. The second-order valence-corrected chi connectivity index (χ2v) is 3.13. The van der Waals surface area contributed by atoms with Crippen LogP contribution in [0, 0.1) is 22.9 Å². The van der Waals surface area contributed by atoms with Gasteiger partial charge >= 0.3 is 0 Å². The van der Waals surface area contributed by atoms with Gasteiger partial charge in [-0.25, -0.2) is 15.3 Å². The van der Waals surface area contributed by atoms with Crippen LogP contribution in [0.25, 0.3) is 0 Å². The van der Waals surface area contributed by atoms with E-state index in [1.807, 2.05) is 12.4 Å². The van der Waals surface area contributed by atoms with Crippen molar-refractivity contribution in [2.45, 2.75) is 26.7 Å². The molecular weight excluding hydrogens is 253 g/mol. The van der Waals surface area contributed by atoms with Crippen LogP contribution in [0.1, 0.15) is 25.5 Å². The number of rotatable bonds is 2. The molecule has 0 amide bonds. The van der Waals surface area contributed by atoms with Crippen molar-refractivity contribution in [2.75, 3.05) is 0 Å². The molecule has 0 bridgehead atoms. The summed E-state index contributed by atoms with van der Waals surface area (Å²) in [5.41, 5.74) is 0. The highest BCUT2D eigenvalue weighted by Crippen LogP contribution is 1.86. The minimum atomic E-state index is 0. The molecule has 20 heavy (non-hydrogen) atoms. The van der Waals surface area contributed by atoms with Gasteiger partial charge in [-0.15, -0.1) is 0 Å². The predicted octanol–water partition coefficient (Wildman–Crippen LogP) is 1.10. The first-order valence-electron chi connectivity index (χ1n) is 5.78. The molecule has 0 spiro atoms. The Morgan fingerprint density at radius 2 is 1.40 bits per heavy atom. The topological polar surface area (TPSA) is 117 Å². The second kappa shape index (κ2) is 14.3. The Labute approximate surface area is 120 Å². The maximum Gasteiger partial charge on any atom is 0.190 e. The average Bonchev–Trinajstić information content (AvgIpc) is 3.14. The first-order chi connectivity index (χ1) is 9.28. The molecule has 3 N–H and O–H groups in total. The molecule has 0 aliphatic rings. The lowest BCUT2D eigenvalue weighted by molar-refractivity contribution is 0.989. The number of aryl methyl sites for hydroxylation is 2. The molecular formula is C12H17BN7. The van der Waals surface area contributed by atoms with Crippen LogP contribution in [0.5, 0.6) is 0 Å². The van der Waals surface area contributed by atoms with E-state index in [4.69, 9.17) is 10.5 Å². The standard InChI is InChI=1S/2C5H8N2.C2HN3.B/c2*1-2-5-6-3-4-7-5;3-1-5-2-4;/h2*3-4H,2H2,1H3,(H,6,7);5H;. The van der Waals surface area contributed by atoms with E-state index in [2.05, 4.69) is 33.8 Å². The zero-order valence-electron chi connectivity index (χ0n) is 11.6. The van der Waals surface area contributed by atoms with Gasteiger partial charge in [0.25, 0.3) is 0 Å². The van der Waals surface area contributed by atoms with Crippen molar-refractivity contribution in [1.82, 2.24) is 25.3 Å². The van der Waals surface area contributed by atoms with Crippen LogP contribution in [0.3, 0.4) is 0 Å². The normalized spacial score (nSPS) is 7.40. The van der Waals surface area contributed by atoms with Gasteiger partial charge in [0.1, 0.15) is 11.6 Å². The van der Waals surface area contributed by atoms with Gasteiger partial charge in [-0.1, -0.05) is 13.8 Å². The van der Waals surface area contributed by atoms with Crippen molar-refractivity contribution >= 4 is 8.41 Å². The summed E-state index contributed by atoms with van der Waals surface area (Å²) in [7, 11) is 0. The molecule has 0 aliphatic heterocycles. The monoisotopic (exact) mass is 270 g/mol. The van der Waals surface area contributed by atoms with Crippen molar-refractivity contribution in [3.63, 3.8) is 0 Å². The quantitative estimate of drug-likeness (QED) is 0.429. The summed E-state index contributed by atoms with van der Waals surface area (Å²) in [5, 5.41) is 16.7. The number of H-pyrrole nitrogens is 2. The van der Waals surface area contributed by atoms with E-state index in [-0.39, 0.29) is 8.41 Å². The molecule has 2 aromatic heterocycles. The molecule has 0 aliphatic carbocycles. The van der Waals surface area contributed by atoms with E-state index in [1.165, 1.54) is 12.4 Å². The molecule has 0 atom stereocenters. The van der Waals surface area contributed by atoms with Crippen LogP contribution >= 0.6 is 0 Å². The molecule has 2 aromatic rings. The van der Waals surface area contributed by atoms with Crippen molar-refractivity contribution in [2.24, 2.45) is 0 Å². The number of hydrogen-bond donors (Lipinski definition) is 3. The van der Waals surface area contributed by atoms with E-state index in [0.29, 0.717) is 0 Å². The number of hydrogen-bond acceptors (Lipinski definition) is 5. The molecule has 0 saturated heterocycles. The molecule has 0 saturated carbocycles. The Bertz CT molecular complexity index is 433. The zero-order chi connectivity index (χ0) is 14.3. The van der Waals surface area contributed by atoms with Gasteiger partial charge in [0, 0.05) is 46.0 Å². The van der Waals surface area contributed by atoms with Crippen molar-refractivity contribution in [1.29, 1.82) is 10.5 Å². The molecule has 8 heteroatoms. The van der Waals surface area contributed by atoms with Crippen LogP contribution in [0.15, 0.2) is 24.8 Å². The lowest BCUT2D eigenvalue weighted by Gasteiger charge is -1.79. The van der Waals surface area contributed by atoms with Gasteiger partial charge in [0.15, 0.2) is 12.4 Å². The number of nitrogens with zero attached hydrogens (tertiary/aromatic N) is 4. The van der Waals surface area contributed by atoms with Gasteiger partial charge in [-0.05, 0) is 0 Å². The summed E-state index contributed by atoms with van der Waals surface area (Å²) in [6.45, 7) is 4.14.